The molecule has 148 valence electrons. The number of carbonyl (C=O) groups is 2. The first-order valence-corrected chi connectivity index (χ1v) is 11.1. The van der Waals surface area contributed by atoms with Crippen LogP contribution >= 0.6 is 11.8 Å². The van der Waals surface area contributed by atoms with Crippen molar-refractivity contribution in [3.63, 3.8) is 0 Å². The van der Waals surface area contributed by atoms with Crippen molar-refractivity contribution in [2.75, 3.05) is 18.7 Å². The average molecular weight is 392 g/mol. The molecular weight excluding hydrogens is 362 g/mol. The normalized spacial score (nSPS) is 23.8. The molecule has 2 saturated heterocycles. The van der Waals surface area contributed by atoms with Crippen LogP contribution in [0.15, 0.2) is 30.3 Å². The predicted molar refractivity (Wildman–Crippen MR) is 107 cm³/mol. The lowest BCUT2D eigenvalue weighted by Crippen LogP contribution is -2.51. The molecule has 5 nitrogen and oxygen atoms in total. The van der Waals surface area contributed by atoms with Gasteiger partial charge in [-0.05, 0) is 49.8 Å². The molecule has 3 aliphatic rings. The van der Waals surface area contributed by atoms with E-state index in [2.05, 4.69) is 0 Å². The van der Waals surface area contributed by atoms with Gasteiger partial charge in [-0.25, -0.2) is 4.79 Å². The summed E-state index contributed by atoms with van der Waals surface area (Å²) in [6, 6.07) is 10.1. The van der Waals surface area contributed by atoms with Crippen LogP contribution in [0.25, 0.3) is 0 Å². The molecule has 27 heavy (non-hydrogen) atoms. The third kappa shape index (κ3) is 5.26. The SMILES string of the molecule is CSCOC(C(=O)O)[C@H](CC(=O)N1CC2CCC1CC2)Cc1ccccc1. The molecule has 6 heteroatoms. The number of nitrogens with zero attached hydrogens (tertiary/aromatic N) is 1. The number of thioether (sulfide) groups is 1. The van der Waals surface area contributed by atoms with Crippen molar-refractivity contribution in [2.45, 2.75) is 50.7 Å². The summed E-state index contributed by atoms with van der Waals surface area (Å²) in [5, 5.41) is 9.72. The highest BCUT2D eigenvalue weighted by Crippen LogP contribution is 2.36. The summed E-state index contributed by atoms with van der Waals surface area (Å²) in [7, 11) is 0. The first-order valence-electron chi connectivity index (χ1n) is 9.75. The van der Waals surface area contributed by atoms with E-state index in [1.54, 1.807) is 0 Å². The highest BCUT2D eigenvalue weighted by Gasteiger charge is 2.38. The zero-order chi connectivity index (χ0) is 19.2. The third-order valence-corrected chi connectivity index (χ3v) is 6.22. The Morgan fingerprint density at radius 2 is 1.93 bits per heavy atom. The highest BCUT2D eigenvalue weighted by atomic mass is 32.2. The number of hydrogen-bond donors (Lipinski definition) is 1. The van der Waals surface area contributed by atoms with Gasteiger partial charge in [-0.2, -0.15) is 0 Å². The third-order valence-electron chi connectivity index (χ3n) is 5.85. The van der Waals surface area contributed by atoms with Crippen LogP contribution in [0.1, 0.15) is 37.7 Å². The number of carboxylic acids is 1. The first kappa shape index (κ1) is 20.2. The van der Waals surface area contributed by atoms with E-state index in [1.807, 2.05) is 41.5 Å². The number of carboxylic acid groups (broad SMARTS) is 1. The second kappa shape index (κ2) is 9.60. The number of piperidine rings is 2. The minimum atomic E-state index is -0.988. The molecule has 1 aromatic carbocycles. The highest BCUT2D eigenvalue weighted by molar-refractivity contribution is 7.98. The molecule has 1 aromatic rings. The second-order valence-electron chi connectivity index (χ2n) is 7.71. The fraction of sp³-hybridized carbons (Fsp3) is 0.619. The fourth-order valence-corrected chi connectivity index (χ4v) is 4.75. The minimum absolute atomic E-state index is 0.0873. The van der Waals surface area contributed by atoms with Gasteiger partial charge in [-0.15, -0.1) is 11.8 Å². The standard InChI is InChI=1S/C21H29NO4S/c1-27-14-26-20(21(24)25)17(11-15-5-3-2-4-6-15)12-19(23)22-13-16-7-9-18(22)10-8-16/h2-6,16-18,20H,7-14H2,1H3,(H,24,25)/t16?,17-,18?,20?/m0/s1. The lowest BCUT2D eigenvalue weighted by Gasteiger charge is -2.45. The van der Waals surface area contributed by atoms with Gasteiger partial charge >= 0.3 is 5.97 Å². The molecule has 4 rings (SSSR count). The molecule has 2 heterocycles. The fourth-order valence-electron chi connectivity index (χ4n) is 4.47. The predicted octanol–water partition coefficient (Wildman–Crippen LogP) is 3.43. The van der Waals surface area contributed by atoms with Crippen molar-refractivity contribution >= 4 is 23.6 Å². The van der Waals surface area contributed by atoms with Crippen LogP contribution in [-0.4, -0.2) is 52.8 Å². The molecule has 2 bridgehead atoms. The molecule has 1 aliphatic carbocycles. The minimum Gasteiger partial charge on any atom is -0.479 e. The summed E-state index contributed by atoms with van der Waals surface area (Å²) in [6.07, 6.45) is 6.27. The number of carbonyl (C=O) groups excluding carboxylic acids is 1. The van der Waals surface area contributed by atoms with Crippen molar-refractivity contribution in [3.8, 4) is 0 Å². The van der Waals surface area contributed by atoms with Crippen LogP contribution in [0.3, 0.4) is 0 Å². The van der Waals surface area contributed by atoms with E-state index < -0.39 is 12.1 Å². The van der Waals surface area contributed by atoms with Gasteiger partial charge in [0.2, 0.25) is 5.91 Å². The van der Waals surface area contributed by atoms with Crippen LogP contribution in [0.5, 0.6) is 0 Å². The Balaban J connectivity index is 1.73. The molecule has 1 N–H and O–H groups in total. The molecule has 2 atom stereocenters. The van der Waals surface area contributed by atoms with Gasteiger partial charge < -0.3 is 14.7 Å². The Hall–Kier alpha value is -1.53. The maximum atomic E-state index is 13.1. The molecule has 0 radical (unpaired) electrons. The Labute approximate surface area is 165 Å². The van der Waals surface area contributed by atoms with E-state index in [0.717, 1.165) is 24.9 Å². The van der Waals surface area contributed by atoms with Crippen LogP contribution in [0.4, 0.5) is 0 Å². The smallest absolute Gasteiger partial charge is 0.333 e. The summed E-state index contributed by atoms with van der Waals surface area (Å²) < 4.78 is 5.63. The Morgan fingerprint density at radius 1 is 1.22 bits per heavy atom. The van der Waals surface area contributed by atoms with Crippen molar-refractivity contribution in [2.24, 2.45) is 11.8 Å². The van der Waals surface area contributed by atoms with Crippen LogP contribution in [-0.2, 0) is 20.7 Å². The van der Waals surface area contributed by atoms with E-state index in [4.69, 9.17) is 4.74 Å². The van der Waals surface area contributed by atoms with Gasteiger partial charge in [0.1, 0.15) is 0 Å². The lowest BCUT2D eigenvalue weighted by atomic mass is 9.79. The first-order chi connectivity index (χ1) is 13.1. The second-order valence-corrected chi connectivity index (χ2v) is 8.52. The summed E-state index contributed by atoms with van der Waals surface area (Å²) >= 11 is 1.45. The molecule has 1 amide bonds. The number of benzene rings is 1. The van der Waals surface area contributed by atoms with Crippen LogP contribution < -0.4 is 0 Å². The van der Waals surface area contributed by atoms with E-state index in [1.165, 1.54) is 24.6 Å². The van der Waals surface area contributed by atoms with Crippen LogP contribution in [0, 0.1) is 11.8 Å². The number of amides is 1. The Morgan fingerprint density at radius 3 is 2.48 bits per heavy atom. The van der Waals surface area contributed by atoms with E-state index >= 15 is 0 Å². The summed E-state index contributed by atoms with van der Waals surface area (Å²) in [6.45, 7) is 0.838. The van der Waals surface area contributed by atoms with Crippen molar-refractivity contribution in [1.29, 1.82) is 0 Å². The molecule has 3 fully saturated rings. The van der Waals surface area contributed by atoms with E-state index in [0.29, 0.717) is 24.3 Å². The zero-order valence-corrected chi connectivity index (χ0v) is 16.7. The van der Waals surface area contributed by atoms with Gasteiger partial charge in [0.15, 0.2) is 6.10 Å². The Kier molecular flexibility index (Phi) is 7.19. The van der Waals surface area contributed by atoms with Gasteiger partial charge in [-0.3, -0.25) is 4.79 Å². The number of fused-ring (bicyclic) bond motifs is 3. The molecule has 1 unspecified atom stereocenters. The van der Waals surface area contributed by atoms with Gasteiger partial charge in [0.05, 0.1) is 5.94 Å². The molecule has 2 aliphatic heterocycles. The largest absolute Gasteiger partial charge is 0.479 e. The van der Waals surface area contributed by atoms with Crippen molar-refractivity contribution in [3.05, 3.63) is 35.9 Å². The topological polar surface area (TPSA) is 66.8 Å². The number of hydrogen-bond acceptors (Lipinski definition) is 4. The monoisotopic (exact) mass is 391 g/mol. The molecule has 1 saturated carbocycles. The number of rotatable bonds is 9. The van der Waals surface area contributed by atoms with E-state index in [9.17, 15) is 14.7 Å². The maximum absolute atomic E-state index is 13.1. The van der Waals surface area contributed by atoms with Gasteiger partial charge in [0.25, 0.3) is 0 Å². The molecule has 0 spiro atoms. The average Bonchev–Trinajstić information content (AvgIpc) is 2.69. The van der Waals surface area contributed by atoms with Gasteiger partial charge in [-0.1, -0.05) is 30.3 Å². The van der Waals surface area contributed by atoms with Crippen LogP contribution in [0.2, 0.25) is 0 Å². The van der Waals surface area contributed by atoms with Crippen molar-refractivity contribution in [1.82, 2.24) is 4.90 Å². The summed E-state index contributed by atoms with van der Waals surface area (Å²) in [5.74, 6) is -0.341. The number of aliphatic carboxylic acids is 1. The number of ether oxygens (including phenoxy) is 1. The molecular formula is C21H29NO4S. The van der Waals surface area contributed by atoms with Crippen molar-refractivity contribution < 1.29 is 19.4 Å². The maximum Gasteiger partial charge on any atom is 0.333 e. The van der Waals surface area contributed by atoms with E-state index in [-0.39, 0.29) is 18.2 Å². The van der Waals surface area contributed by atoms with Gasteiger partial charge in [0, 0.05) is 24.9 Å². The quantitative estimate of drug-likeness (QED) is 0.653. The Bertz CT molecular complexity index is 630. The molecule has 0 aromatic heterocycles. The summed E-state index contributed by atoms with van der Waals surface area (Å²) in [4.78, 5) is 26.9. The lowest BCUT2D eigenvalue weighted by molar-refractivity contribution is -0.154. The zero-order valence-electron chi connectivity index (χ0n) is 15.9. The summed E-state index contributed by atoms with van der Waals surface area (Å²) in [5.41, 5.74) is 1.04.